The number of nitrogens with one attached hydrogen (secondary N) is 3. The predicted octanol–water partition coefficient (Wildman–Crippen LogP) is 1.61. The number of amides is 1. The van der Waals surface area contributed by atoms with Gasteiger partial charge in [0.15, 0.2) is 5.69 Å². The normalized spacial score (nSPS) is 18.6. The van der Waals surface area contributed by atoms with Crippen molar-refractivity contribution in [2.75, 3.05) is 6.54 Å². The molecule has 6 heteroatoms. The summed E-state index contributed by atoms with van der Waals surface area (Å²) in [6, 6.07) is 6.63. The Morgan fingerprint density at radius 3 is 2.91 bits per heavy atom. The van der Waals surface area contributed by atoms with Crippen LogP contribution in [0.2, 0.25) is 0 Å². The van der Waals surface area contributed by atoms with Gasteiger partial charge in [0.2, 0.25) is 0 Å². The third-order valence-electron chi connectivity index (χ3n) is 4.51. The highest BCUT2D eigenvalue weighted by Gasteiger charge is 2.47. The van der Waals surface area contributed by atoms with Crippen LogP contribution in [0.15, 0.2) is 24.3 Å². The van der Waals surface area contributed by atoms with E-state index in [2.05, 4.69) is 20.8 Å². The molecule has 0 spiro atoms. The fourth-order valence-corrected chi connectivity index (χ4v) is 3.13. The molecule has 2 aromatic rings. The van der Waals surface area contributed by atoms with Gasteiger partial charge in [-0.1, -0.05) is 18.2 Å². The van der Waals surface area contributed by atoms with Gasteiger partial charge in [-0.25, -0.2) is 4.39 Å². The van der Waals surface area contributed by atoms with Crippen LogP contribution < -0.4 is 10.6 Å². The number of carbonyl (C=O) groups is 1. The average Bonchev–Trinajstić information content (AvgIpc) is 3.17. The van der Waals surface area contributed by atoms with Crippen LogP contribution in [0.3, 0.4) is 0 Å². The molecule has 1 aliphatic heterocycles. The Morgan fingerprint density at radius 2 is 2.14 bits per heavy atom. The zero-order chi connectivity index (χ0) is 15.2. The lowest BCUT2D eigenvalue weighted by molar-refractivity contribution is 0.0924. The molecule has 0 radical (unpaired) electrons. The van der Waals surface area contributed by atoms with Gasteiger partial charge in [0.1, 0.15) is 5.82 Å². The smallest absolute Gasteiger partial charge is 0.272 e. The lowest BCUT2D eigenvalue weighted by Gasteiger charge is -2.19. The Kier molecular flexibility index (Phi) is 3.00. The van der Waals surface area contributed by atoms with Crippen molar-refractivity contribution in [2.45, 2.75) is 31.3 Å². The molecule has 2 aliphatic rings. The van der Waals surface area contributed by atoms with Gasteiger partial charge in [-0.05, 0) is 18.9 Å². The molecule has 22 heavy (non-hydrogen) atoms. The summed E-state index contributed by atoms with van der Waals surface area (Å²) in [5, 5.41) is 13.3. The van der Waals surface area contributed by atoms with Gasteiger partial charge >= 0.3 is 0 Å². The maximum Gasteiger partial charge on any atom is 0.272 e. The largest absolute Gasteiger partial charge is 0.341 e. The second kappa shape index (κ2) is 4.91. The average molecular weight is 300 g/mol. The van der Waals surface area contributed by atoms with E-state index >= 15 is 0 Å². The standard InChI is InChI=1S/C16H17FN4O/c17-12-4-2-1-3-11(12)16(6-7-16)19-15(22)14-10-9-18-8-5-13(10)20-21-14/h1-4,18H,5-9H2,(H,19,22)(H,20,21). The van der Waals surface area contributed by atoms with Gasteiger partial charge in [0.05, 0.1) is 5.54 Å². The van der Waals surface area contributed by atoms with Gasteiger partial charge in [0.25, 0.3) is 5.91 Å². The molecule has 3 N–H and O–H groups in total. The van der Waals surface area contributed by atoms with E-state index in [1.807, 2.05) is 0 Å². The van der Waals surface area contributed by atoms with E-state index in [1.54, 1.807) is 18.2 Å². The molecule has 0 bridgehead atoms. The Morgan fingerprint density at radius 1 is 1.32 bits per heavy atom. The highest BCUT2D eigenvalue weighted by atomic mass is 19.1. The first kappa shape index (κ1) is 13.5. The predicted molar refractivity (Wildman–Crippen MR) is 78.8 cm³/mol. The van der Waals surface area contributed by atoms with Crippen LogP contribution in [0, 0.1) is 5.82 Å². The number of benzene rings is 1. The lowest BCUT2D eigenvalue weighted by Crippen LogP contribution is -2.36. The number of fused-ring (bicyclic) bond motifs is 1. The number of aromatic amines is 1. The Hall–Kier alpha value is -2.21. The van der Waals surface area contributed by atoms with Gasteiger partial charge in [-0.15, -0.1) is 0 Å². The minimum absolute atomic E-state index is 0.234. The van der Waals surface area contributed by atoms with Gasteiger partial charge < -0.3 is 10.6 Å². The zero-order valence-electron chi connectivity index (χ0n) is 12.1. The summed E-state index contributed by atoms with van der Waals surface area (Å²) in [6.45, 7) is 1.52. The van der Waals surface area contributed by atoms with Crippen molar-refractivity contribution in [1.82, 2.24) is 20.8 Å². The number of rotatable bonds is 3. The second-order valence-electron chi connectivity index (χ2n) is 5.97. The van der Waals surface area contributed by atoms with Crippen molar-refractivity contribution in [3.63, 3.8) is 0 Å². The fourth-order valence-electron chi connectivity index (χ4n) is 3.13. The molecule has 0 saturated heterocycles. The summed E-state index contributed by atoms with van der Waals surface area (Å²) in [7, 11) is 0. The molecule has 1 aromatic heterocycles. The van der Waals surface area contributed by atoms with Crippen molar-refractivity contribution in [3.05, 3.63) is 52.6 Å². The topological polar surface area (TPSA) is 69.8 Å². The number of hydrogen-bond acceptors (Lipinski definition) is 3. The van der Waals surface area contributed by atoms with Crippen molar-refractivity contribution in [1.29, 1.82) is 0 Å². The number of hydrogen-bond donors (Lipinski definition) is 3. The van der Waals surface area contributed by atoms with Gasteiger partial charge in [-0.2, -0.15) is 5.10 Å². The molecule has 1 aliphatic carbocycles. The van der Waals surface area contributed by atoms with Crippen LogP contribution in [0.4, 0.5) is 4.39 Å². The maximum absolute atomic E-state index is 14.0. The Balaban J connectivity index is 1.60. The number of aromatic nitrogens is 2. The molecule has 114 valence electrons. The number of carbonyl (C=O) groups excluding carboxylic acids is 1. The SMILES string of the molecule is O=C(NC1(c2ccccc2F)CC1)c1n[nH]c2c1CNCC2. The lowest BCUT2D eigenvalue weighted by atomic mass is 10.0. The molecule has 2 heterocycles. The van der Waals surface area contributed by atoms with Crippen LogP contribution in [0.5, 0.6) is 0 Å². The summed E-state index contributed by atoms with van der Waals surface area (Å²) < 4.78 is 14.0. The van der Waals surface area contributed by atoms with Crippen LogP contribution in [0.1, 0.15) is 40.2 Å². The van der Waals surface area contributed by atoms with E-state index in [9.17, 15) is 9.18 Å². The Bertz CT molecular complexity index is 735. The molecule has 1 amide bonds. The number of H-pyrrole nitrogens is 1. The van der Waals surface area contributed by atoms with E-state index in [0.29, 0.717) is 17.8 Å². The summed E-state index contributed by atoms with van der Waals surface area (Å²) in [4.78, 5) is 12.6. The second-order valence-corrected chi connectivity index (χ2v) is 5.97. The highest BCUT2D eigenvalue weighted by molar-refractivity contribution is 5.95. The van der Waals surface area contributed by atoms with Crippen LogP contribution in [-0.4, -0.2) is 22.6 Å². The minimum atomic E-state index is -0.573. The van der Waals surface area contributed by atoms with Crippen molar-refractivity contribution >= 4 is 5.91 Å². The highest BCUT2D eigenvalue weighted by Crippen LogP contribution is 2.46. The molecule has 0 atom stereocenters. The zero-order valence-corrected chi connectivity index (χ0v) is 12.1. The third-order valence-corrected chi connectivity index (χ3v) is 4.51. The first-order valence-corrected chi connectivity index (χ1v) is 7.54. The van der Waals surface area contributed by atoms with Crippen molar-refractivity contribution < 1.29 is 9.18 Å². The van der Waals surface area contributed by atoms with E-state index in [0.717, 1.165) is 37.1 Å². The number of halogens is 1. The molecule has 1 fully saturated rings. The summed E-state index contributed by atoms with van der Waals surface area (Å²) in [5.74, 6) is -0.507. The van der Waals surface area contributed by atoms with Crippen LogP contribution >= 0.6 is 0 Å². The minimum Gasteiger partial charge on any atom is -0.341 e. The summed E-state index contributed by atoms with van der Waals surface area (Å²) in [5.41, 5.74) is 2.35. The van der Waals surface area contributed by atoms with Crippen LogP contribution in [0.25, 0.3) is 0 Å². The van der Waals surface area contributed by atoms with Crippen LogP contribution in [-0.2, 0) is 18.5 Å². The van der Waals surface area contributed by atoms with E-state index in [4.69, 9.17) is 0 Å². The fraction of sp³-hybridized carbons (Fsp3) is 0.375. The monoisotopic (exact) mass is 300 g/mol. The molecule has 1 aromatic carbocycles. The summed E-state index contributed by atoms with van der Waals surface area (Å²) >= 11 is 0. The first-order chi connectivity index (χ1) is 10.7. The molecule has 5 nitrogen and oxygen atoms in total. The van der Waals surface area contributed by atoms with Crippen molar-refractivity contribution in [3.8, 4) is 0 Å². The quantitative estimate of drug-likeness (QED) is 0.806. The molecular formula is C16H17FN4O. The maximum atomic E-state index is 14.0. The van der Waals surface area contributed by atoms with Gasteiger partial charge in [-0.3, -0.25) is 9.89 Å². The molecule has 1 saturated carbocycles. The molecular weight excluding hydrogens is 283 g/mol. The third kappa shape index (κ3) is 2.11. The Labute approximate surface area is 127 Å². The van der Waals surface area contributed by atoms with E-state index < -0.39 is 5.54 Å². The number of nitrogens with zero attached hydrogens (tertiary/aromatic N) is 1. The summed E-state index contributed by atoms with van der Waals surface area (Å²) in [6.07, 6.45) is 2.35. The van der Waals surface area contributed by atoms with Crippen molar-refractivity contribution in [2.24, 2.45) is 0 Å². The molecule has 4 rings (SSSR count). The van der Waals surface area contributed by atoms with Gasteiger partial charge in [0, 0.05) is 36.3 Å². The molecule has 0 unspecified atom stereocenters. The van der Waals surface area contributed by atoms with E-state index in [-0.39, 0.29) is 11.7 Å². The first-order valence-electron chi connectivity index (χ1n) is 7.54. The van der Waals surface area contributed by atoms with E-state index in [1.165, 1.54) is 6.07 Å².